The molecule has 7 heteroatoms. The zero-order valence-corrected chi connectivity index (χ0v) is 13.2. The molecule has 22 heavy (non-hydrogen) atoms. The van der Waals surface area contributed by atoms with Gasteiger partial charge in [0.05, 0.1) is 11.6 Å². The lowest BCUT2D eigenvalue weighted by atomic mass is 9.95. The summed E-state index contributed by atoms with van der Waals surface area (Å²) in [6.45, 7) is 0. The van der Waals surface area contributed by atoms with Crippen LogP contribution in [0, 0.1) is 5.41 Å². The fourth-order valence-corrected chi connectivity index (χ4v) is 3.18. The number of hydrogen-bond acceptors (Lipinski definition) is 4. The Morgan fingerprint density at radius 1 is 1.36 bits per heavy atom. The summed E-state index contributed by atoms with van der Waals surface area (Å²) in [4.78, 5) is 27.9. The van der Waals surface area contributed by atoms with Crippen molar-refractivity contribution in [2.24, 2.45) is 11.1 Å². The summed E-state index contributed by atoms with van der Waals surface area (Å²) in [5, 5.41) is 3.84. The maximum Gasteiger partial charge on any atom is 0.260 e. The second kappa shape index (κ2) is 5.70. The van der Waals surface area contributed by atoms with E-state index in [2.05, 4.69) is 10.3 Å². The van der Waals surface area contributed by atoms with Crippen LogP contribution in [0.2, 0.25) is 5.02 Å². The fraction of sp³-hybridized carbons (Fsp3) is 0.267. The van der Waals surface area contributed by atoms with Crippen molar-refractivity contribution >= 4 is 39.9 Å². The number of primary amides is 1. The third kappa shape index (κ3) is 2.98. The molecule has 0 spiro atoms. The smallest absolute Gasteiger partial charge is 0.260 e. The van der Waals surface area contributed by atoms with Gasteiger partial charge in [-0.05, 0) is 30.9 Å². The lowest BCUT2D eigenvalue weighted by Crippen LogP contribution is -2.26. The van der Waals surface area contributed by atoms with Crippen molar-refractivity contribution in [1.29, 1.82) is 0 Å². The van der Waals surface area contributed by atoms with E-state index in [4.69, 9.17) is 17.3 Å². The van der Waals surface area contributed by atoms with Gasteiger partial charge in [0.1, 0.15) is 4.88 Å². The molecule has 3 N–H and O–H groups in total. The Morgan fingerprint density at radius 3 is 2.68 bits per heavy atom. The van der Waals surface area contributed by atoms with Gasteiger partial charge in [0.15, 0.2) is 5.13 Å². The Hall–Kier alpha value is -1.92. The third-order valence-corrected chi connectivity index (χ3v) is 5.09. The summed E-state index contributed by atoms with van der Waals surface area (Å²) in [6, 6.07) is 7.54. The highest BCUT2D eigenvalue weighted by Gasteiger charge is 2.50. The van der Waals surface area contributed by atoms with Gasteiger partial charge in [0.2, 0.25) is 5.91 Å². The van der Waals surface area contributed by atoms with Crippen molar-refractivity contribution in [2.45, 2.75) is 19.3 Å². The van der Waals surface area contributed by atoms with Crippen LogP contribution in [0.3, 0.4) is 0 Å². The molecule has 1 aliphatic carbocycles. The molecular weight excluding hydrogens is 322 g/mol. The van der Waals surface area contributed by atoms with Crippen LogP contribution >= 0.6 is 22.9 Å². The van der Waals surface area contributed by atoms with Crippen LogP contribution in [0.15, 0.2) is 30.5 Å². The van der Waals surface area contributed by atoms with Crippen LogP contribution in [-0.4, -0.2) is 16.8 Å². The van der Waals surface area contributed by atoms with E-state index in [1.54, 1.807) is 0 Å². The van der Waals surface area contributed by atoms with Crippen molar-refractivity contribution < 1.29 is 9.59 Å². The molecule has 3 rings (SSSR count). The SMILES string of the molecule is NC(=O)c1cnc(NC(=O)C2(Cc3ccccc3Cl)CC2)s1. The summed E-state index contributed by atoms with van der Waals surface area (Å²) in [5.41, 5.74) is 5.72. The second-order valence-electron chi connectivity index (χ2n) is 5.40. The van der Waals surface area contributed by atoms with Gasteiger partial charge >= 0.3 is 0 Å². The molecular formula is C15H14ClN3O2S. The van der Waals surface area contributed by atoms with E-state index in [-0.39, 0.29) is 5.91 Å². The van der Waals surface area contributed by atoms with Gasteiger partial charge in [-0.25, -0.2) is 4.98 Å². The molecule has 1 aliphatic rings. The standard InChI is InChI=1S/C15H14ClN3O2S/c16-10-4-2-1-3-9(10)7-15(5-6-15)13(21)19-14-18-8-11(22-14)12(17)20/h1-4,8H,5-7H2,(H2,17,20)(H,18,19,21). The van der Waals surface area contributed by atoms with E-state index in [9.17, 15) is 9.59 Å². The summed E-state index contributed by atoms with van der Waals surface area (Å²) in [6.07, 6.45) is 3.61. The van der Waals surface area contributed by atoms with Gasteiger partial charge in [-0.2, -0.15) is 0 Å². The molecule has 0 bridgehead atoms. The Labute approximate surface area is 136 Å². The number of anilines is 1. The second-order valence-corrected chi connectivity index (χ2v) is 6.83. The molecule has 5 nitrogen and oxygen atoms in total. The average molecular weight is 336 g/mol. The first-order chi connectivity index (χ1) is 10.5. The van der Waals surface area contributed by atoms with Crippen molar-refractivity contribution in [3.63, 3.8) is 0 Å². The summed E-state index contributed by atoms with van der Waals surface area (Å²) in [7, 11) is 0. The highest BCUT2D eigenvalue weighted by Crippen LogP contribution is 2.50. The third-order valence-electron chi connectivity index (χ3n) is 3.79. The molecule has 0 radical (unpaired) electrons. The van der Waals surface area contributed by atoms with Gasteiger partial charge < -0.3 is 11.1 Å². The summed E-state index contributed by atoms with van der Waals surface area (Å²) in [5.74, 6) is -0.631. The summed E-state index contributed by atoms with van der Waals surface area (Å²) >= 11 is 7.25. The lowest BCUT2D eigenvalue weighted by Gasteiger charge is -2.15. The van der Waals surface area contributed by atoms with E-state index < -0.39 is 11.3 Å². The molecule has 1 aromatic carbocycles. The van der Waals surface area contributed by atoms with Gasteiger partial charge in [-0.15, -0.1) is 0 Å². The number of carbonyl (C=O) groups excluding carboxylic acids is 2. The molecule has 0 unspecified atom stereocenters. The number of nitrogens with one attached hydrogen (secondary N) is 1. The monoisotopic (exact) mass is 335 g/mol. The highest BCUT2D eigenvalue weighted by atomic mass is 35.5. The average Bonchev–Trinajstić information content (AvgIpc) is 3.11. The first-order valence-corrected chi connectivity index (χ1v) is 8.00. The molecule has 2 aromatic rings. The van der Waals surface area contributed by atoms with Crippen LogP contribution in [0.4, 0.5) is 5.13 Å². The van der Waals surface area contributed by atoms with E-state index in [0.717, 1.165) is 29.7 Å². The van der Waals surface area contributed by atoms with Crippen molar-refractivity contribution in [2.75, 3.05) is 5.32 Å². The maximum atomic E-state index is 12.5. The zero-order chi connectivity index (χ0) is 15.7. The number of rotatable bonds is 5. The normalized spacial score (nSPS) is 15.3. The lowest BCUT2D eigenvalue weighted by molar-refractivity contribution is -0.121. The van der Waals surface area contributed by atoms with Crippen LogP contribution in [0.25, 0.3) is 0 Å². The molecule has 2 amide bonds. The molecule has 0 atom stereocenters. The minimum absolute atomic E-state index is 0.0854. The van der Waals surface area contributed by atoms with E-state index in [1.165, 1.54) is 6.20 Å². The summed E-state index contributed by atoms with van der Waals surface area (Å²) < 4.78 is 0. The molecule has 1 fully saturated rings. The molecule has 0 aliphatic heterocycles. The topological polar surface area (TPSA) is 85.1 Å². The number of carbonyl (C=O) groups is 2. The fourth-order valence-electron chi connectivity index (χ4n) is 2.32. The number of amides is 2. The highest BCUT2D eigenvalue weighted by molar-refractivity contribution is 7.17. The van der Waals surface area contributed by atoms with E-state index in [0.29, 0.717) is 21.5 Å². The van der Waals surface area contributed by atoms with E-state index >= 15 is 0 Å². The predicted octanol–water partition coefficient (Wildman–Crippen LogP) is 2.86. The molecule has 0 saturated heterocycles. The van der Waals surface area contributed by atoms with Gasteiger partial charge in [-0.1, -0.05) is 41.1 Å². The molecule has 1 heterocycles. The van der Waals surface area contributed by atoms with Crippen molar-refractivity contribution in [3.05, 3.63) is 45.9 Å². The van der Waals surface area contributed by atoms with Crippen molar-refractivity contribution in [3.8, 4) is 0 Å². The maximum absolute atomic E-state index is 12.5. The number of benzene rings is 1. The van der Waals surface area contributed by atoms with Gasteiger partial charge in [0, 0.05) is 5.02 Å². The molecule has 1 aromatic heterocycles. The number of nitrogens with zero attached hydrogens (tertiary/aromatic N) is 1. The Bertz CT molecular complexity index is 740. The van der Waals surface area contributed by atoms with E-state index in [1.807, 2.05) is 24.3 Å². The first-order valence-electron chi connectivity index (χ1n) is 6.81. The number of aromatic nitrogens is 1. The quantitative estimate of drug-likeness (QED) is 0.881. The Morgan fingerprint density at radius 2 is 2.09 bits per heavy atom. The minimum Gasteiger partial charge on any atom is -0.365 e. The van der Waals surface area contributed by atoms with Crippen molar-refractivity contribution in [1.82, 2.24) is 4.98 Å². The van der Waals surface area contributed by atoms with Crippen LogP contribution < -0.4 is 11.1 Å². The van der Waals surface area contributed by atoms with Crippen LogP contribution in [0.5, 0.6) is 0 Å². The predicted molar refractivity (Wildman–Crippen MR) is 86.1 cm³/mol. The molecule has 114 valence electrons. The zero-order valence-electron chi connectivity index (χ0n) is 11.6. The minimum atomic E-state index is -0.546. The Balaban J connectivity index is 1.71. The largest absolute Gasteiger partial charge is 0.365 e. The van der Waals surface area contributed by atoms with Gasteiger partial charge in [-0.3, -0.25) is 9.59 Å². The Kier molecular flexibility index (Phi) is 3.88. The first kappa shape index (κ1) is 15.0. The number of hydrogen-bond donors (Lipinski definition) is 2. The number of halogens is 1. The molecule has 1 saturated carbocycles. The van der Waals surface area contributed by atoms with Crippen LogP contribution in [-0.2, 0) is 11.2 Å². The number of thiazole rings is 1. The van der Waals surface area contributed by atoms with Crippen LogP contribution in [0.1, 0.15) is 28.1 Å². The number of nitrogens with two attached hydrogens (primary N) is 1. The van der Waals surface area contributed by atoms with Gasteiger partial charge in [0.25, 0.3) is 5.91 Å².